The Labute approximate surface area is 227 Å². The summed E-state index contributed by atoms with van der Waals surface area (Å²) in [6.45, 7) is 1.51. The van der Waals surface area contributed by atoms with Gasteiger partial charge < -0.3 is 20.1 Å². The number of carbonyl (C=O) groups is 1. The fourth-order valence-corrected chi connectivity index (χ4v) is 5.84. The van der Waals surface area contributed by atoms with Gasteiger partial charge in [0.1, 0.15) is 5.75 Å². The molecule has 5 rings (SSSR count). The maximum atomic E-state index is 12.9. The lowest BCUT2D eigenvalue weighted by molar-refractivity contribution is -0.138. The number of benzene rings is 1. The minimum absolute atomic E-state index is 0.0390. The third kappa shape index (κ3) is 6.84. The number of primary sulfonamides is 1. The van der Waals surface area contributed by atoms with Crippen LogP contribution in [0.2, 0.25) is 0 Å². The van der Waals surface area contributed by atoms with Gasteiger partial charge >= 0.3 is 0 Å². The molecule has 3 heterocycles. The van der Waals surface area contributed by atoms with Crippen molar-refractivity contribution in [2.75, 3.05) is 30.8 Å². The van der Waals surface area contributed by atoms with Crippen LogP contribution < -0.4 is 15.2 Å². The molecule has 1 aromatic carbocycles. The number of hydrogen-bond donors (Lipinski definition) is 3. The van der Waals surface area contributed by atoms with Gasteiger partial charge in [0, 0.05) is 37.3 Å². The summed E-state index contributed by atoms with van der Waals surface area (Å²) >= 11 is 0. The van der Waals surface area contributed by atoms with E-state index in [9.17, 15) is 18.3 Å². The zero-order valence-electron chi connectivity index (χ0n) is 21.8. The lowest BCUT2D eigenvalue weighted by Crippen LogP contribution is -2.44. The van der Waals surface area contributed by atoms with Crippen LogP contribution in [0.1, 0.15) is 44.9 Å². The van der Waals surface area contributed by atoms with E-state index in [2.05, 4.69) is 20.4 Å². The highest BCUT2D eigenvalue weighted by Gasteiger charge is 2.31. The maximum absolute atomic E-state index is 12.9. The van der Waals surface area contributed by atoms with Crippen molar-refractivity contribution < 1.29 is 23.1 Å². The van der Waals surface area contributed by atoms with Gasteiger partial charge in [-0.05, 0) is 57.1 Å². The second-order valence-electron chi connectivity index (χ2n) is 10.3. The average Bonchev–Trinajstić information content (AvgIpc) is 3.36. The van der Waals surface area contributed by atoms with Gasteiger partial charge in [-0.1, -0.05) is 6.07 Å². The van der Waals surface area contributed by atoms with Crippen LogP contribution in [0, 0.1) is 5.92 Å². The van der Waals surface area contributed by atoms with Crippen molar-refractivity contribution in [2.24, 2.45) is 11.1 Å². The minimum atomic E-state index is -3.52. The van der Waals surface area contributed by atoms with Crippen molar-refractivity contribution in [3.8, 4) is 11.6 Å². The number of aliphatic hydroxyl groups is 1. The zero-order valence-corrected chi connectivity index (χ0v) is 22.6. The standard InChI is InChI=1S/C26H35N7O5S/c27-39(36,37)16-2-15-38-23-4-1-3-22-21(23)17-29-33(22)24-9-12-28-26(31-24)30-19-7-5-18(6-8-19)25(35)32-13-10-20(34)11-14-32/h1,3-4,9,12,17-20,34H,2,5-8,10-11,13-16H2,(H2,27,36,37)(H,28,30,31)/t18-,19-. The maximum Gasteiger partial charge on any atom is 0.225 e. The van der Waals surface area contributed by atoms with Crippen molar-refractivity contribution in [3.63, 3.8) is 0 Å². The van der Waals surface area contributed by atoms with E-state index in [0.717, 1.165) is 36.6 Å². The summed E-state index contributed by atoms with van der Waals surface area (Å²) in [7, 11) is -3.52. The van der Waals surface area contributed by atoms with Crippen LogP contribution in [-0.2, 0) is 14.8 Å². The van der Waals surface area contributed by atoms with Gasteiger partial charge in [-0.25, -0.2) is 23.2 Å². The Morgan fingerprint density at radius 3 is 2.64 bits per heavy atom. The molecular weight excluding hydrogens is 522 g/mol. The molecule has 2 aliphatic rings. The molecule has 2 aromatic heterocycles. The molecular formula is C26H35N7O5S. The van der Waals surface area contributed by atoms with Gasteiger partial charge in [-0.3, -0.25) is 4.79 Å². The summed E-state index contributed by atoms with van der Waals surface area (Å²) in [6.07, 6.45) is 8.08. The topological polar surface area (TPSA) is 166 Å². The first-order valence-electron chi connectivity index (χ1n) is 13.4. The third-order valence-electron chi connectivity index (χ3n) is 7.45. The van der Waals surface area contributed by atoms with Crippen molar-refractivity contribution in [3.05, 3.63) is 36.7 Å². The summed E-state index contributed by atoms with van der Waals surface area (Å²) in [5.41, 5.74) is 0.799. The normalized spacial score (nSPS) is 20.7. The number of nitrogens with two attached hydrogens (primary N) is 1. The van der Waals surface area contributed by atoms with E-state index in [1.54, 1.807) is 23.1 Å². The highest BCUT2D eigenvalue weighted by Crippen LogP contribution is 2.30. The lowest BCUT2D eigenvalue weighted by Gasteiger charge is -2.35. The number of rotatable bonds is 9. The summed E-state index contributed by atoms with van der Waals surface area (Å²) in [6, 6.07) is 7.54. The summed E-state index contributed by atoms with van der Waals surface area (Å²) in [5, 5.41) is 23.5. The first kappa shape index (κ1) is 27.3. The van der Waals surface area contributed by atoms with E-state index < -0.39 is 10.0 Å². The molecule has 2 fully saturated rings. The summed E-state index contributed by atoms with van der Waals surface area (Å²) < 4.78 is 29.8. The number of sulfonamides is 1. The number of nitrogens with one attached hydrogen (secondary N) is 1. The molecule has 13 heteroatoms. The van der Waals surface area contributed by atoms with Crippen molar-refractivity contribution in [1.82, 2.24) is 24.6 Å². The fourth-order valence-electron chi connectivity index (χ4n) is 5.32. The zero-order chi connectivity index (χ0) is 27.4. The van der Waals surface area contributed by atoms with E-state index in [1.807, 2.05) is 23.1 Å². The van der Waals surface area contributed by atoms with E-state index in [-0.39, 0.29) is 36.3 Å². The van der Waals surface area contributed by atoms with Gasteiger partial charge in [-0.2, -0.15) is 10.1 Å². The molecule has 210 valence electrons. The molecule has 39 heavy (non-hydrogen) atoms. The molecule has 1 amide bonds. The highest BCUT2D eigenvalue weighted by atomic mass is 32.2. The molecule has 0 unspecified atom stereocenters. The average molecular weight is 558 g/mol. The second kappa shape index (κ2) is 11.8. The monoisotopic (exact) mass is 557 g/mol. The Kier molecular flexibility index (Phi) is 8.29. The van der Waals surface area contributed by atoms with E-state index in [0.29, 0.717) is 49.9 Å². The number of anilines is 1. The molecule has 12 nitrogen and oxygen atoms in total. The van der Waals surface area contributed by atoms with E-state index in [1.165, 1.54) is 0 Å². The Hall–Kier alpha value is -3.29. The van der Waals surface area contributed by atoms with Gasteiger partial charge in [0.05, 0.1) is 35.6 Å². The number of amides is 1. The third-order valence-corrected chi connectivity index (χ3v) is 8.31. The number of nitrogens with zero attached hydrogens (tertiary/aromatic N) is 5. The van der Waals surface area contributed by atoms with Crippen molar-refractivity contribution in [2.45, 2.75) is 57.1 Å². The number of aromatic nitrogens is 4. The second-order valence-corrected chi connectivity index (χ2v) is 12.0. The van der Waals surface area contributed by atoms with Crippen LogP contribution in [0.4, 0.5) is 5.95 Å². The van der Waals surface area contributed by atoms with Crippen LogP contribution in [-0.4, -0.2) is 81.7 Å². The van der Waals surface area contributed by atoms with Crippen LogP contribution >= 0.6 is 0 Å². The summed E-state index contributed by atoms with van der Waals surface area (Å²) in [4.78, 5) is 23.9. The molecule has 3 aromatic rings. The Morgan fingerprint density at radius 1 is 1.13 bits per heavy atom. The van der Waals surface area contributed by atoms with Gasteiger partial charge in [-0.15, -0.1) is 0 Å². The van der Waals surface area contributed by atoms with Crippen LogP contribution in [0.3, 0.4) is 0 Å². The molecule has 1 aliphatic carbocycles. The number of ether oxygens (including phenoxy) is 1. The molecule has 0 atom stereocenters. The molecule has 0 bridgehead atoms. The first-order chi connectivity index (χ1) is 18.8. The predicted molar refractivity (Wildman–Crippen MR) is 146 cm³/mol. The minimum Gasteiger partial charge on any atom is -0.493 e. The lowest BCUT2D eigenvalue weighted by atomic mass is 9.85. The largest absolute Gasteiger partial charge is 0.493 e. The van der Waals surface area contributed by atoms with Gasteiger partial charge in [0.2, 0.25) is 21.9 Å². The Bertz CT molecular complexity index is 1400. The molecule has 1 aliphatic heterocycles. The number of piperidine rings is 1. The van der Waals surface area contributed by atoms with Crippen LogP contribution in [0.5, 0.6) is 5.75 Å². The molecule has 0 spiro atoms. The molecule has 1 saturated heterocycles. The van der Waals surface area contributed by atoms with Crippen LogP contribution in [0.25, 0.3) is 16.7 Å². The van der Waals surface area contributed by atoms with Gasteiger partial charge in [0.15, 0.2) is 5.82 Å². The highest BCUT2D eigenvalue weighted by molar-refractivity contribution is 7.89. The van der Waals surface area contributed by atoms with Gasteiger partial charge in [0.25, 0.3) is 0 Å². The molecule has 0 radical (unpaired) electrons. The van der Waals surface area contributed by atoms with Crippen molar-refractivity contribution >= 4 is 32.8 Å². The molecule has 1 saturated carbocycles. The Morgan fingerprint density at radius 2 is 1.90 bits per heavy atom. The number of carbonyl (C=O) groups excluding carboxylic acids is 1. The fraction of sp³-hybridized carbons (Fsp3) is 0.538. The molecule has 4 N–H and O–H groups in total. The quantitative estimate of drug-likeness (QED) is 0.333. The first-order valence-corrected chi connectivity index (χ1v) is 15.2. The predicted octanol–water partition coefficient (Wildman–Crippen LogP) is 1.83. The number of hydrogen-bond acceptors (Lipinski definition) is 9. The van der Waals surface area contributed by atoms with Crippen molar-refractivity contribution in [1.29, 1.82) is 0 Å². The van der Waals surface area contributed by atoms with E-state index >= 15 is 0 Å². The number of likely N-dealkylation sites (tertiary alicyclic amines) is 1. The summed E-state index contributed by atoms with van der Waals surface area (Å²) in [5.74, 6) is 1.83. The smallest absolute Gasteiger partial charge is 0.225 e. The van der Waals surface area contributed by atoms with E-state index in [4.69, 9.17) is 9.88 Å². The SMILES string of the molecule is NS(=O)(=O)CCCOc1cccc2c1cnn2-c1ccnc(N[C@H]2CC[C@H](C(=O)N3CCC(O)CC3)CC2)n1. The Balaban J connectivity index is 1.19. The van der Waals surface area contributed by atoms with Crippen LogP contribution in [0.15, 0.2) is 36.7 Å². The number of fused-ring (bicyclic) bond motifs is 1. The number of aliphatic hydroxyl groups excluding tert-OH is 1.